The molecule has 0 saturated carbocycles. The molecule has 148 valence electrons. The average Bonchev–Trinajstić information content (AvgIpc) is 2.60. The molecule has 0 aliphatic heterocycles. The van der Waals surface area contributed by atoms with E-state index < -0.39 is 10.1 Å². The number of unbranched alkanes of at least 4 members (excludes halogenated alkanes) is 6. The predicted octanol–water partition coefficient (Wildman–Crippen LogP) is 2.10. The summed E-state index contributed by atoms with van der Waals surface area (Å²) in [5.74, 6) is 0.718. The van der Waals surface area contributed by atoms with E-state index in [0.717, 1.165) is 24.8 Å². The van der Waals surface area contributed by atoms with Crippen molar-refractivity contribution in [3.05, 3.63) is 48.0 Å². The fourth-order valence-corrected chi connectivity index (χ4v) is 3.42. The van der Waals surface area contributed by atoms with Gasteiger partial charge in [0.25, 0.3) is 10.1 Å². The molecule has 0 atom stereocenters. The minimum atomic E-state index is -4.23. The quantitative estimate of drug-likeness (QED) is 0.346. The molecule has 2 aromatic carbocycles. The summed E-state index contributed by atoms with van der Waals surface area (Å²) in [6.45, 7) is 2.21. The van der Waals surface area contributed by atoms with Gasteiger partial charge in [-0.15, -0.1) is 5.75 Å². The number of hydrogen-bond donors (Lipinski definition) is 1. The largest absolute Gasteiger partial charge is 1.00 e. The zero-order chi connectivity index (χ0) is 19.7. The van der Waals surface area contributed by atoms with Crippen LogP contribution in [0.3, 0.4) is 0 Å². The van der Waals surface area contributed by atoms with Gasteiger partial charge >= 0.3 is 29.6 Å². The average molecular weight is 414 g/mol. The van der Waals surface area contributed by atoms with Gasteiger partial charge in [-0.05, 0) is 54.8 Å². The van der Waals surface area contributed by atoms with E-state index in [4.69, 9.17) is 9.29 Å². The Labute approximate surface area is 190 Å². The molecule has 0 bridgehead atoms. The van der Waals surface area contributed by atoms with Gasteiger partial charge in [0.2, 0.25) is 0 Å². The molecule has 0 aliphatic rings. The summed E-state index contributed by atoms with van der Waals surface area (Å²) in [7, 11) is -4.23. The Morgan fingerprint density at radius 3 is 2.11 bits per heavy atom. The van der Waals surface area contributed by atoms with Crippen LogP contribution in [0.25, 0.3) is 0 Å². The number of ether oxygens (including phenoxy) is 1. The second-order valence-electron chi connectivity index (χ2n) is 6.73. The Kier molecular flexibility index (Phi) is 11.2. The maximum Gasteiger partial charge on any atom is 1.00 e. The molecule has 28 heavy (non-hydrogen) atoms. The van der Waals surface area contributed by atoms with E-state index in [1.807, 2.05) is 6.07 Å². The molecular formula is C21H27NaO5S. The van der Waals surface area contributed by atoms with E-state index in [9.17, 15) is 13.5 Å². The molecular weight excluding hydrogens is 387 g/mol. The summed E-state index contributed by atoms with van der Waals surface area (Å²) in [6, 6.07) is 10.3. The maximum absolute atomic E-state index is 11.9. The summed E-state index contributed by atoms with van der Waals surface area (Å²) in [5, 5.41) is 11.9. The van der Waals surface area contributed by atoms with Crippen LogP contribution in [0.5, 0.6) is 17.2 Å². The fraction of sp³-hybridized carbons (Fsp3) is 0.429. The molecule has 0 aliphatic carbocycles. The van der Waals surface area contributed by atoms with Gasteiger partial charge in [-0.1, -0.05) is 51.5 Å². The second-order valence-corrected chi connectivity index (χ2v) is 8.15. The van der Waals surface area contributed by atoms with Crippen molar-refractivity contribution in [3.8, 4) is 17.2 Å². The summed E-state index contributed by atoms with van der Waals surface area (Å²) >= 11 is 0. The summed E-state index contributed by atoms with van der Waals surface area (Å²) in [5.41, 5.74) is 0.945. The minimum absolute atomic E-state index is 0. The van der Waals surface area contributed by atoms with E-state index in [1.165, 1.54) is 62.4 Å². The molecule has 0 spiro atoms. The second kappa shape index (κ2) is 12.5. The summed E-state index contributed by atoms with van der Waals surface area (Å²) < 4.78 is 36.8. The van der Waals surface area contributed by atoms with E-state index in [-0.39, 0.29) is 40.2 Å². The van der Waals surface area contributed by atoms with Crippen molar-refractivity contribution in [2.24, 2.45) is 0 Å². The van der Waals surface area contributed by atoms with Crippen LogP contribution in [0.15, 0.2) is 47.4 Å². The third-order valence-corrected chi connectivity index (χ3v) is 5.23. The first-order chi connectivity index (χ1) is 12.9. The monoisotopic (exact) mass is 414 g/mol. The van der Waals surface area contributed by atoms with Gasteiger partial charge in [0.15, 0.2) is 0 Å². The van der Waals surface area contributed by atoms with Crippen LogP contribution >= 0.6 is 0 Å². The van der Waals surface area contributed by atoms with Crippen molar-refractivity contribution in [2.45, 2.75) is 63.2 Å². The van der Waals surface area contributed by atoms with Crippen molar-refractivity contribution >= 4 is 10.1 Å². The molecule has 1 N–H and O–H groups in total. The van der Waals surface area contributed by atoms with Crippen molar-refractivity contribution in [1.82, 2.24) is 0 Å². The molecule has 0 aromatic heterocycles. The Bertz CT molecular complexity index is 819. The van der Waals surface area contributed by atoms with E-state index in [1.54, 1.807) is 6.07 Å². The predicted molar refractivity (Wildman–Crippen MR) is 104 cm³/mol. The normalized spacial score (nSPS) is 11.1. The van der Waals surface area contributed by atoms with Crippen LogP contribution in [0.4, 0.5) is 0 Å². The zero-order valence-corrected chi connectivity index (χ0v) is 19.5. The number of hydrogen-bond acceptors (Lipinski definition) is 4. The Morgan fingerprint density at radius 1 is 0.893 bits per heavy atom. The van der Waals surface area contributed by atoms with Gasteiger partial charge in [-0.3, -0.25) is 4.55 Å². The molecule has 0 unspecified atom stereocenters. The smallest absolute Gasteiger partial charge is 0.872 e. The van der Waals surface area contributed by atoms with E-state index in [2.05, 4.69) is 6.92 Å². The van der Waals surface area contributed by atoms with Crippen molar-refractivity contribution in [2.75, 3.05) is 0 Å². The van der Waals surface area contributed by atoms with Crippen LogP contribution in [0, 0.1) is 0 Å². The van der Waals surface area contributed by atoms with Crippen molar-refractivity contribution in [3.63, 3.8) is 0 Å². The standard InChI is InChI=1S/C21H28O5S.Na/c1-2-3-4-5-6-7-8-9-17-14-18(22)16-20(15-17)26-19-10-12-21(13-11-19)27(23,24)25;/h10-16,22H,2-9H2,1H3,(H,23,24,25);/q;+1/p-1. The van der Waals surface area contributed by atoms with Crippen LogP contribution in [-0.4, -0.2) is 13.0 Å². The van der Waals surface area contributed by atoms with Gasteiger partial charge < -0.3 is 9.84 Å². The van der Waals surface area contributed by atoms with Gasteiger partial charge in [-0.25, -0.2) is 0 Å². The number of benzene rings is 2. The van der Waals surface area contributed by atoms with Gasteiger partial charge in [-0.2, -0.15) is 8.42 Å². The van der Waals surface area contributed by atoms with Gasteiger partial charge in [0.05, 0.1) is 4.90 Å². The third kappa shape index (κ3) is 8.97. The Balaban J connectivity index is 0.00000392. The van der Waals surface area contributed by atoms with Crippen LogP contribution in [0.2, 0.25) is 0 Å². The topological polar surface area (TPSA) is 86.7 Å². The molecule has 7 heteroatoms. The first-order valence-electron chi connectivity index (χ1n) is 9.45. The van der Waals surface area contributed by atoms with E-state index >= 15 is 0 Å². The molecule has 0 fully saturated rings. The van der Waals surface area contributed by atoms with Crippen LogP contribution in [0.1, 0.15) is 57.4 Å². The molecule has 0 heterocycles. The maximum atomic E-state index is 11.9. The molecule has 0 radical (unpaired) electrons. The first-order valence-corrected chi connectivity index (χ1v) is 10.9. The Hall–Kier alpha value is -1.05. The molecule has 2 aromatic rings. The molecule has 0 saturated heterocycles. The fourth-order valence-electron chi connectivity index (χ4n) is 2.94. The summed E-state index contributed by atoms with van der Waals surface area (Å²) in [6.07, 6.45) is 9.35. The first kappa shape index (κ1) is 25.0. The van der Waals surface area contributed by atoms with Crippen LogP contribution < -0.4 is 39.4 Å². The SMILES string of the molecule is CCCCCCCCCc1cc([O-])cc(Oc2ccc(S(=O)(=O)O)cc2)c1.[Na+]. The van der Waals surface area contributed by atoms with Gasteiger partial charge in [0, 0.05) is 0 Å². The summed E-state index contributed by atoms with van der Waals surface area (Å²) in [4.78, 5) is -0.202. The Morgan fingerprint density at radius 2 is 1.50 bits per heavy atom. The third-order valence-electron chi connectivity index (χ3n) is 4.37. The van der Waals surface area contributed by atoms with Gasteiger partial charge in [0.1, 0.15) is 11.5 Å². The van der Waals surface area contributed by atoms with Crippen LogP contribution in [-0.2, 0) is 16.5 Å². The van der Waals surface area contributed by atoms with Crippen molar-refractivity contribution < 1.29 is 52.4 Å². The minimum Gasteiger partial charge on any atom is -0.872 e. The van der Waals surface area contributed by atoms with Crippen molar-refractivity contribution in [1.29, 1.82) is 0 Å². The molecule has 5 nitrogen and oxygen atoms in total. The molecule has 2 rings (SSSR count). The number of rotatable bonds is 11. The molecule has 0 amide bonds. The zero-order valence-electron chi connectivity index (χ0n) is 16.7. The number of aryl methyl sites for hydroxylation is 1. The van der Waals surface area contributed by atoms with E-state index in [0.29, 0.717) is 11.5 Å².